The maximum Gasteiger partial charge on any atom is 0.303 e. The van der Waals surface area contributed by atoms with Crippen LogP contribution in [0, 0.1) is 0 Å². The lowest BCUT2D eigenvalue weighted by molar-refractivity contribution is -0.138. The summed E-state index contributed by atoms with van der Waals surface area (Å²) in [7, 11) is 0. The van der Waals surface area contributed by atoms with E-state index in [9.17, 15) is 9.59 Å². The van der Waals surface area contributed by atoms with Crippen LogP contribution < -0.4 is 0 Å². The highest BCUT2D eigenvalue weighted by atomic mass is 16.4. The molecule has 0 heterocycles. The lowest BCUT2D eigenvalue weighted by atomic mass is 9.90. The molecule has 0 unspecified atom stereocenters. The second-order valence-corrected chi connectivity index (χ2v) is 9.90. The molecule has 1 aromatic rings. The van der Waals surface area contributed by atoms with Crippen LogP contribution in [0.25, 0.3) is 0 Å². The molecule has 2 N–H and O–H groups in total. The van der Waals surface area contributed by atoms with Gasteiger partial charge in [0.25, 0.3) is 0 Å². The van der Waals surface area contributed by atoms with Crippen LogP contribution in [0.3, 0.4) is 0 Å². The van der Waals surface area contributed by atoms with Crippen LogP contribution in [-0.4, -0.2) is 22.2 Å². The first kappa shape index (κ1) is 30.2. The summed E-state index contributed by atoms with van der Waals surface area (Å²) in [6.07, 6.45) is 22.6. The Labute approximate surface area is 208 Å². The molecule has 1 aromatic carbocycles. The van der Waals surface area contributed by atoms with Crippen molar-refractivity contribution in [2.24, 2.45) is 0 Å². The Bertz CT molecular complexity index is 668. The average molecular weight is 475 g/mol. The SMILES string of the molecule is CCCCCCCCCCCCc1cccc(CCCCCC(=O)O)c1CCCCCC(=O)O. The second-order valence-electron chi connectivity index (χ2n) is 9.90. The van der Waals surface area contributed by atoms with Gasteiger partial charge < -0.3 is 10.2 Å². The Balaban J connectivity index is 2.49. The van der Waals surface area contributed by atoms with Gasteiger partial charge in [0, 0.05) is 12.8 Å². The molecule has 0 spiro atoms. The van der Waals surface area contributed by atoms with Crippen molar-refractivity contribution in [3.05, 3.63) is 34.9 Å². The molecule has 0 saturated heterocycles. The van der Waals surface area contributed by atoms with Crippen molar-refractivity contribution in [1.29, 1.82) is 0 Å². The van der Waals surface area contributed by atoms with Crippen molar-refractivity contribution in [2.45, 2.75) is 142 Å². The molecule has 0 saturated carbocycles. The fourth-order valence-corrected chi connectivity index (χ4v) is 4.80. The predicted molar refractivity (Wildman–Crippen MR) is 142 cm³/mol. The van der Waals surface area contributed by atoms with Crippen molar-refractivity contribution in [1.82, 2.24) is 0 Å². The van der Waals surface area contributed by atoms with E-state index >= 15 is 0 Å². The minimum atomic E-state index is -0.708. The Morgan fingerprint density at radius 1 is 0.559 bits per heavy atom. The van der Waals surface area contributed by atoms with Crippen LogP contribution in [0.15, 0.2) is 18.2 Å². The molecule has 0 radical (unpaired) electrons. The average Bonchev–Trinajstić information content (AvgIpc) is 2.80. The molecule has 4 nitrogen and oxygen atoms in total. The zero-order chi connectivity index (χ0) is 24.9. The molecule has 4 heteroatoms. The summed E-state index contributed by atoms with van der Waals surface area (Å²) in [5.74, 6) is -1.41. The molecular weight excluding hydrogens is 424 g/mol. The van der Waals surface area contributed by atoms with E-state index < -0.39 is 11.9 Å². The van der Waals surface area contributed by atoms with E-state index in [2.05, 4.69) is 25.1 Å². The van der Waals surface area contributed by atoms with Gasteiger partial charge in [-0.1, -0.05) is 95.8 Å². The van der Waals surface area contributed by atoms with Crippen LogP contribution >= 0.6 is 0 Å². The molecule has 0 aliphatic carbocycles. The first-order valence-corrected chi connectivity index (χ1v) is 14.1. The fraction of sp³-hybridized carbons (Fsp3) is 0.733. The minimum Gasteiger partial charge on any atom is -0.481 e. The van der Waals surface area contributed by atoms with Crippen LogP contribution in [0.1, 0.15) is 139 Å². The first-order chi connectivity index (χ1) is 16.5. The van der Waals surface area contributed by atoms with E-state index in [0.29, 0.717) is 0 Å². The maximum absolute atomic E-state index is 10.8. The number of hydrogen-bond acceptors (Lipinski definition) is 2. The standard InChI is InChI=1S/C30H50O4/c1-2-3-4-5-6-7-8-9-10-13-19-26-21-18-22-27(20-14-11-16-24-29(31)32)28(26)23-15-12-17-25-30(33)34/h18,21-22H,2-17,19-20,23-25H2,1H3,(H,31,32)(H,33,34). The van der Waals surface area contributed by atoms with E-state index in [1.807, 2.05) is 0 Å². The van der Waals surface area contributed by atoms with Crippen molar-refractivity contribution < 1.29 is 19.8 Å². The van der Waals surface area contributed by atoms with Gasteiger partial charge in [0.1, 0.15) is 0 Å². The number of carboxylic acid groups (broad SMARTS) is 2. The number of aliphatic carboxylic acids is 2. The van der Waals surface area contributed by atoms with Crippen molar-refractivity contribution in [3.63, 3.8) is 0 Å². The highest BCUT2D eigenvalue weighted by Gasteiger charge is 2.09. The number of rotatable bonds is 23. The van der Waals surface area contributed by atoms with E-state index in [0.717, 1.165) is 57.8 Å². The maximum atomic E-state index is 10.8. The molecule has 0 aliphatic rings. The van der Waals surface area contributed by atoms with Crippen molar-refractivity contribution >= 4 is 11.9 Å². The normalized spacial score (nSPS) is 11.1. The molecule has 34 heavy (non-hydrogen) atoms. The number of carbonyl (C=O) groups is 2. The number of hydrogen-bond donors (Lipinski definition) is 2. The highest BCUT2D eigenvalue weighted by molar-refractivity contribution is 5.66. The summed E-state index contributed by atoms with van der Waals surface area (Å²) in [6, 6.07) is 6.71. The van der Waals surface area contributed by atoms with Crippen molar-refractivity contribution in [3.8, 4) is 0 Å². The van der Waals surface area contributed by atoms with Gasteiger partial charge in [0.15, 0.2) is 0 Å². The van der Waals surface area contributed by atoms with Gasteiger partial charge in [-0.2, -0.15) is 0 Å². The molecule has 0 aliphatic heterocycles. The molecule has 194 valence electrons. The zero-order valence-corrected chi connectivity index (χ0v) is 21.8. The molecular formula is C30H50O4. The summed E-state index contributed by atoms with van der Waals surface area (Å²) in [6.45, 7) is 2.27. The van der Waals surface area contributed by atoms with Crippen LogP contribution in [0.5, 0.6) is 0 Å². The fourth-order valence-electron chi connectivity index (χ4n) is 4.80. The molecule has 1 rings (SSSR count). The number of carboxylic acids is 2. The monoisotopic (exact) mass is 474 g/mol. The third kappa shape index (κ3) is 15.9. The number of benzene rings is 1. The van der Waals surface area contributed by atoms with Gasteiger partial charge in [-0.05, 0) is 68.1 Å². The van der Waals surface area contributed by atoms with E-state index in [1.54, 1.807) is 0 Å². The van der Waals surface area contributed by atoms with Gasteiger partial charge in [0.2, 0.25) is 0 Å². The summed E-state index contributed by atoms with van der Waals surface area (Å²) < 4.78 is 0. The third-order valence-electron chi connectivity index (χ3n) is 6.82. The van der Waals surface area contributed by atoms with Gasteiger partial charge in [-0.15, -0.1) is 0 Å². The third-order valence-corrected chi connectivity index (χ3v) is 6.82. The summed E-state index contributed by atoms with van der Waals surface area (Å²) in [5, 5.41) is 17.7. The predicted octanol–water partition coefficient (Wildman–Crippen LogP) is 8.53. The summed E-state index contributed by atoms with van der Waals surface area (Å²) in [5.41, 5.74) is 4.37. The Morgan fingerprint density at radius 2 is 0.941 bits per heavy atom. The Kier molecular flexibility index (Phi) is 18.2. The van der Waals surface area contributed by atoms with Gasteiger partial charge >= 0.3 is 11.9 Å². The second kappa shape index (κ2) is 20.5. The molecule has 0 fully saturated rings. The number of unbranched alkanes of at least 4 members (excludes halogenated alkanes) is 13. The van der Waals surface area contributed by atoms with E-state index in [4.69, 9.17) is 10.2 Å². The van der Waals surface area contributed by atoms with E-state index in [-0.39, 0.29) is 12.8 Å². The van der Waals surface area contributed by atoms with Crippen LogP contribution in [-0.2, 0) is 28.9 Å². The highest BCUT2D eigenvalue weighted by Crippen LogP contribution is 2.23. The van der Waals surface area contributed by atoms with Gasteiger partial charge in [-0.25, -0.2) is 0 Å². The topological polar surface area (TPSA) is 74.6 Å². The van der Waals surface area contributed by atoms with E-state index in [1.165, 1.54) is 80.9 Å². The molecule has 0 amide bonds. The summed E-state index contributed by atoms with van der Waals surface area (Å²) in [4.78, 5) is 21.5. The lowest BCUT2D eigenvalue weighted by Gasteiger charge is -2.15. The minimum absolute atomic E-state index is 0.259. The first-order valence-electron chi connectivity index (χ1n) is 14.1. The quantitative estimate of drug-likeness (QED) is 0.156. The van der Waals surface area contributed by atoms with Crippen LogP contribution in [0.4, 0.5) is 0 Å². The van der Waals surface area contributed by atoms with Crippen LogP contribution in [0.2, 0.25) is 0 Å². The molecule has 0 atom stereocenters. The Hall–Kier alpha value is -1.84. The largest absolute Gasteiger partial charge is 0.481 e. The molecule has 0 bridgehead atoms. The summed E-state index contributed by atoms with van der Waals surface area (Å²) >= 11 is 0. The van der Waals surface area contributed by atoms with Gasteiger partial charge in [0.05, 0.1) is 0 Å². The van der Waals surface area contributed by atoms with Crippen molar-refractivity contribution in [2.75, 3.05) is 0 Å². The zero-order valence-electron chi connectivity index (χ0n) is 21.8. The number of aryl methyl sites for hydroxylation is 2. The van der Waals surface area contributed by atoms with Gasteiger partial charge in [-0.3, -0.25) is 9.59 Å². The Morgan fingerprint density at radius 3 is 1.38 bits per heavy atom. The smallest absolute Gasteiger partial charge is 0.303 e. The molecule has 0 aromatic heterocycles. The lowest BCUT2D eigenvalue weighted by Crippen LogP contribution is -2.03.